The lowest BCUT2D eigenvalue weighted by Crippen LogP contribution is -2.34. The first kappa shape index (κ1) is 15.9. The number of rotatable bonds is 3. The third kappa shape index (κ3) is 3.44. The van der Waals surface area contributed by atoms with E-state index in [2.05, 4.69) is 15.0 Å². The van der Waals surface area contributed by atoms with E-state index in [1.54, 1.807) is 30.1 Å². The van der Waals surface area contributed by atoms with Crippen molar-refractivity contribution in [1.82, 2.24) is 19.9 Å². The molecule has 0 aliphatic carbocycles. The van der Waals surface area contributed by atoms with Crippen molar-refractivity contribution in [3.63, 3.8) is 0 Å². The van der Waals surface area contributed by atoms with E-state index < -0.39 is 0 Å². The Kier molecular flexibility index (Phi) is 4.52. The maximum absolute atomic E-state index is 12.6. The zero-order valence-electron chi connectivity index (χ0n) is 13.8. The standard InChI is InChI=1S/C19H18N4OS/c24-18(11-14-5-10-25-12-14)23-8-3-16-17(4-9-23)21-13-22-19(16)15-1-6-20-7-2-15/h1-2,5-7,10,12-13H,3-4,8-9,11H2. The summed E-state index contributed by atoms with van der Waals surface area (Å²) in [5.74, 6) is 0.185. The molecule has 4 heterocycles. The second-order valence-corrected chi connectivity index (χ2v) is 6.85. The van der Waals surface area contributed by atoms with Gasteiger partial charge in [0, 0.05) is 48.7 Å². The Bertz CT molecular complexity index is 864. The van der Waals surface area contributed by atoms with E-state index in [1.807, 2.05) is 33.9 Å². The Balaban J connectivity index is 1.55. The van der Waals surface area contributed by atoms with Crippen molar-refractivity contribution in [3.05, 3.63) is 64.5 Å². The highest BCUT2D eigenvalue weighted by Gasteiger charge is 2.22. The van der Waals surface area contributed by atoms with E-state index in [9.17, 15) is 4.79 Å². The summed E-state index contributed by atoms with van der Waals surface area (Å²) >= 11 is 1.63. The van der Waals surface area contributed by atoms with Crippen molar-refractivity contribution < 1.29 is 4.79 Å². The van der Waals surface area contributed by atoms with Crippen LogP contribution in [-0.2, 0) is 24.1 Å². The zero-order valence-corrected chi connectivity index (χ0v) is 14.6. The highest BCUT2D eigenvalue weighted by Crippen LogP contribution is 2.25. The topological polar surface area (TPSA) is 59.0 Å². The van der Waals surface area contributed by atoms with E-state index in [1.165, 1.54) is 0 Å². The molecule has 0 saturated heterocycles. The predicted octanol–water partition coefficient (Wildman–Crippen LogP) is 2.77. The number of nitrogens with zero attached hydrogens (tertiary/aromatic N) is 4. The number of carbonyl (C=O) groups excluding carboxylic acids is 1. The van der Waals surface area contributed by atoms with Crippen molar-refractivity contribution >= 4 is 17.2 Å². The third-order valence-corrected chi connectivity index (χ3v) is 5.26. The van der Waals surface area contributed by atoms with Crippen LogP contribution in [-0.4, -0.2) is 38.8 Å². The molecule has 5 nitrogen and oxygen atoms in total. The summed E-state index contributed by atoms with van der Waals surface area (Å²) in [6, 6.07) is 5.95. The van der Waals surface area contributed by atoms with Crippen LogP contribution >= 0.6 is 11.3 Å². The first-order valence-electron chi connectivity index (χ1n) is 8.33. The lowest BCUT2D eigenvalue weighted by atomic mass is 10.0. The molecule has 3 aromatic rings. The van der Waals surface area contributed by atoms with Gasteiger partial charge in [0.05, 0.1) is 12.1 Å². The summed E-state index contributed by atoms with van der Waals surface area (Å²) < 4.78 is 0. The fourth-order valence-electron chi connectivity index (χ4n) is 3.21. The summed E-state index contributed by atoms with van der Waals surface area (Å²) in [5.41, 5.74) is 5.30. The molecule has 6 heteroatoms. The molecule has 0 radical (unpaired) electrons. The Morgan fingerprint density at radius 2 is 1.96 bits per heavy atom. The van der Waals surface area contributed by atoms with Gasteiger partial charge in [0.15, 0.2) is 0 Å². The molecule has 1 amide bonds. The van der Waals surface area contributed by atoms with Crippen LogP contribution in [0.25, 0.3) is 11.3 Å². The minimum atomic E-state index is 0.185. The molecule has 3 aromatic heterocycles. The molecule has 4 rings (SSSR count). The van der Waals surface area contributed by atoms with E-state index in [4.69, 9.17) is 0 Å². The largest absolute Gasteiger partial charge is 0.342 e. The van der Waals surface area contributed by atoms with Crippen LogP contribution < -0.4 is 0 Å². The second-order valence-electron chi connectivity index (χ2n) is 6.07. The Hall–Kier alpha value is -2.60. The summed E-state index contributed by atoms with van der Waals surface area (Å²) in [7, 11) is 0. The van der Waals surface area contributed by atoms with Gasteiger partial charge >= 0.3 is 0 Å². The summed E-state index contributed by atoms with van der Waals surface area (Å²) in [5, 5.41) is 4.05. The lowest BCUT2D eigenvalue weighted by molar-refractivity contribution is -0.130. The van der Waals surface area contributed by atoms with Gasteiger partial charge in [-0.2, -0.15) is 11.3 Å². The van der Waals surface area contributed by atoms with Gasteiger partial charge in [0.1, 0.15) is 6.33 Å². The zero-order chi connectivity index (χ0) is 17.1. The van der Waals surface area contributed by atoms with Crippen molar-refractivity contribution in [3.8, 4) is 11.3 Å². The molecular weight excluding hydrogens is 332 g/mol. The van der Waals surface area contributed by atoms with E-state index >= 15 is 0 Å². The lowest BCUT2D eigenvalue weighted by Gasteiger charge is -2.19. The molecule has 1 aliphatic rings. The number of carbonyl (C=O) groups is 1. The summed E-state index contributed by atoms with van der Waals surface area (Å²) in [4.78, 5) is 27.6. The normalized spacial score (nSPS) is 14.0. The highest BCUT2D eigenvalue weighted by atomic mass is 32.1. The molecular formula is C19H18N4OS. The number of aromatic nitrogens is 3. The Labute approximate surface area is 150 Å². The monoisotopic (exact) mass is 350 g/mol. The van der Waals surface area contributed by atoms with Gasteiger partial charge in [-0.3, -0.25) is 9.78 Å². The molecule has 0 spiro atoms. The van der Waals surface area contributed by atoms with Gasteiger partial charge in [-0.15, -0.1) is 0 Å². The molecule has 25 heavy (non-hydrogen) atoms. The molecule has 0 saturated carbocycles. The van der Waals surface area contributed by atoms with E-state index in [-0.39, 0.29) is 5.91 Å². The van der Waals surface area contributed by atoms with Gasteiger partial charge in [0.25, 0.3) is 0 Å². The number of hydrogen-bond donors (Lipinski definition) is 0. The van der Waals surface area contributed by atoms with Gasteiger partial charge in [0.2, 0.25) is 5.91 Å². The van der Waals surface area contributed by atoms with Crippen LogP contribution in [0.4, 0.5) is 0 Å². The van der Waals surface area contributed by atoms with Gasteiger partial charge in [-0.05, 0) is 40.9 Å². The molecule has 0 bridgehead atoms. The van der Waals surface area contributed by atoms with Crippen LogP contribution in [0.5, 0.6) is 0 Å². The number of amides is 1. The minimum absolute atomic E-state index is 0.185. The first-order chi connectivity index (χ1) is 12.3. The summed E-state index contributed by atoms with van der Waals surface area (Å²) in [6.07, 6.45) is 7.20. The van der Waals surface area contributed by atoms with Crippen molar-refractivity contribution in [2.75, 3.05) is 13.1 Å². The Morgan fingerprint density at radius 3 is 2.76 bits per heavy atom. The highest BCUT2D eigenvalue weighted by molar-refractivity contribution is 7.08. The van der Waals surface area contributed by atoms with Crippen LogP contribution in [0.2, 0.25) is 0 Å². The molecule has 0 fully saturated rings. The quantitative estimate of drug-likeness (QED) is 0.729. The fourth-order valence-corrected chi connectivity index (χ4v) is 3.88. The van der Waals surface area contributed by atoms with Crippen LogP contribution in [0.15, 0.2) is 47.7 Å². The predicted molar refractivity (Wildman–Crippen MR) is 97.3 cm³/mol. The van der Waals surface area contributed by atoms with Gasteiger partial charge in [-0.1, -0.05) is 0 Å². The van der Waals surface area contributed by atoms with E-state index in [0.29, 0.717) is 19.5 Å². The maximum atomic E-state index is 12.6. The van der Waals surface area contributed by atoms with Gasteiger partial charge < -0.3 is 4.90 Å². The van der Waals surface area contributed by atoms with Crippen LogP contribution in [0.3, 0.4) is 0 Å². The Morgan fingerprint density at radius 1 is 1.12 bits per heavy atom. The SMILES string of the molecule is O=C(Cc1ccsc1)N1CCc2ncnc(-c3ccncc3)c2CC1. The second kappa shape index (κ2) is 7.11. The van der Waals surface area contributed by atoms with Crippen LogP contribution in [0.1, 0.15) is 16.8 Å². The summed E-state index contributed by atoms with van der Waals surface area (Å²) in [6.45, 7) is 1.42. The molecule has 0 unspecified atom stereocenters. The molecule has 0 N–H and O–H groups in total. The number of pyridine rings is 1. The van der Waals surface area contributed by atoms with Gasteiger partial charge in [-0.25, -0.2) is 9.97 Å². The average Bonchev–Trinajstić information content (AvgIpc) is 3.05. The minimum Gasteiger partial charge on any atom is -0.342 e. The van der Waals surface area contributed by atoms with Crippen molar-refractivity contribution in [1.29, 1.82) is 0 Å². The number of thiophene rings is 1. The molecule has 1 aliphatic heterocycles. The third-order valence-electron chi connectivity index (χ3n) is 4.53. The molecule has 0 atom stereocenters. The van der Waals surface area contributed by atoms with Crippen LogP contribution in [0, 0.1) is 0 Å². The number of fused-ring (bicyclic) bond motifs is 1. The van der Waals surface area contributed by atoms with Crippen molar-refractivity contribution in [2.45, 2.75) is 19.3 Å². The maximum Gasteiger partial charge on any atom is 0.227 e. The molecule has 126 valence electrons. The van der Waals surface area contributed by atoms with E-state index in [0.717, 1.165) is 40.9 Å². The average molecular weight is 350 g/mol. The number of hydrogen-bond acceptors (Lipinski definition) is 5. The molecule has 0 aromatic carbocycles. The smallest absolute Gasteiger partial charge is 0.227 e. The fraction of sp³-hybridized carbons (Fsp3) is 0.263. The van der Waals surface area contributed by atoms with Crippen molar-refractivity contribution in [2.24, 2.45) is 0 Å². The first-order valence-corrected chi connectivity index (χ1v) is 9.27.